The molecule has 0 radical (unpaired) electrons. The molecule has 3 heterocycles. The van der Waals surface area contributed by atoms with Gasteiger partial charge in [0.2, 0.25) is 0 Å². The number of rotatable bonds is 2. The molecule has 2 aromatic heterocycles. The van der Waals surface area contributed by atoms with E-state index in [4.69, 9.17) is 4.74 Å². The highest BCUT2D eigenvalue weighted by Gasteiger charge is 2.39. The van der Waals surface area contributed by atoms with Crippen LogP contribution in [0.15, 0.2) is 48.7 Å². The van der Waals surface area contributed by atoms with E-state index < -0.39 is 0 Å². The van der Waals surface area contributed by atoms with E-state index in [2.05, 4.69) is 41.2 Å². The Bertz CT molecular complexity index is 1330. The van der Waals surface area contributed by atoms with Crippen LogP contribution >= 0.6 is 0 Å². The number of carbonyl (C=O) groups excluding carboxylic acids is 1. The quantitative estimate of drug-likeness (QED) is 0.446. The van der Waals surface area contributed by atoms with E-state index in [-0.39, 0.29) is 18.1 Å². The summed E-state index contributed by atoms with van der Waals surface area (Å²) < 4.78 is 5.69. The molecule has 1 aliphatic carbocycles. The third kappa shape index (κ3) is 2.93. The summed E-state index contributed by atoms with van der Waals surface area (Å²) in [5, 5.41) is 8.63. The lowest BCUT2D eigenvalue weighted by Gasteiger charge is -2.20. The summed E-state index contributed by atoms with van der Waals surface area (Å²) in [7, 11) is 0. The molecule has 1 aliphatic heterocycles. The van der Waals surface area contributed by atoms with Crippen molar-refractivity contribution in [3.63, 3.8) is 0 Å². The maximum absolute atomic E-state index is 13.1. The molecule has 0 bridgehead atoms. The van der Waals surface area contributed by atoms with Gasteiger partial charge in [-0.25, -0.2) is 4.79 Å². The van der Waals surface area contributed by atoms with Gasteiger partial charge in [-0.2, -0.15) is 5.10 Å². The van der Waals surface area contributed by atoms with Crippen molar-refractivity contribution in [2.24, 2.45) is 0 Å². The molecule has 0 atom stereocenters. The maximum Gasteiger partial charge on any atom is 0.414 e. The topological polar surface area (TPSA) is 74.0 Å². The minimum absolute atomic E-state index is 0.156. The number of nitrogens with one attached hydrogen (secondary N) is 2. The van der Waals surface area contributed by atoms with Gasteiger partial charge in [0.05, 0.1) is 23.3 Å². The van der Waals surface area contributed by atoms with Crippen molar-refractivity contribution in [1.82, 2.24) is 15.2 Å². The zero-order valence-electron chi connectivity index (χ0n) is 18.4. The number of nitrogens with zero attached hydrogens (tertiary/aromatic N) is 2. The standard InChI is InChI=1S/C26H26N4O2/c1-26(2)15-30(25(31)32-14-16-7-4-3-5-8-16)22-11-19-18-10-6-9-17-13-27-29-23(17)24(18)28-21(19)12-20(22)26/h3-5,7-8,11-13,28H,6,9-10,14-15H2,1-2H3,(H,27,29). The molecule has 0 unspecified atom stereocenters. The zero-order valence-corrected chi connectivity index (χ0v) is 18.4. The molecule has 4 aromatic rings. The third-order valence-corrected chi connectivity index (χ3v) is 6.86. The molecule has 0 saturated carbocycles. The van der Waals surface area contributed by atoms with Gasteiger partial charge in [0, 0.05) is 22.9 Å². The van der Waals surface area contributed by atoms with Crippen LogP contribution < -0.4 is 4.90 Å². The number of anilines is 1. The number of ether oxygens (including phenoxy) is 1. The Morgan fingerprint density at radius 2 is 2.00 bits per heavy atom. The van der Waals surface area contributed by atoms with Crippen LogP contribution in [-0.4, -0.2) is 27.8 Å². The summed E-state index contributed by atoms with van der Waals surface area (Å²) in [5.41, 5.74) is 8.85. The molecule has 0 fully saturated rings. The molecular weight excluding hydrogens is 400 g/mol. The highest BCUT2D eigenvalue weighted by atomic mass is 16.6. The maximum atomic E-state index is 13.1. The molecule has 2 aliphatic rings. The van der Waals surface area contributed by atoms with Crippen LogP contribution in [-0.2, 0) is 29.6 Å². The number of aromatic nitrogens is 3. The molecule has 0 spiro atoms. The van der Waals surface area contributed by atoms with Crippen LogP contribution in [0, 0.1) is 0 Å². The van der Waals surface area contributed by atoms with Gasteiger partial charge in [-0.1, -0.05) is 44.2 Å². The van der Waals surface area contributed by atoms with Crippen LogP contribution in [0.1, 0.15) is 42.5 Å². The van der Waals surface area contributed by atoms with Gasteiger partial charge in [0.1, 0.15) is 6.61 Å². The lowest BCUT2D eigenvalue weighted by atomic mass is 9.86. The van der Waals surface area contributed by atoms with Crippen molar-refractivity contribution in [2.75, 3.05) is 11.4 Å². The minimum atomic E-state index is -0.294. The van der Waals surface area contributed by atoms with Gasteiger partial charge in [-0.3, -0.25) is 10.00 Å². The predicted molar refractivity (Wildman–Crippen MR) is 125 cm³/mol. The van der Waals surface area contributed by atoms with Crippen molar-refractivity contribution >= 4 is 22.7 Å². The number of hydrogen-bond donors (Lipinski definition) is 2. The summed E-state index contributed by atoms with van der Waals surface area (Å²) in [6, 6.07) is 14.2. The van der Waals surface area contributed by atoms with Crippen molar-refractivity contribution in [1.29, 1.82) is 0 Å². The lowest BCUT2D eigenvalue weighted by molar-refractivity contribution is 0.147. The molecule has 2 N–H and O–H groups in total. The Balaban J connectivity index is 1.40. The molecule has 1 amide bonds. The van der Waals surface area contributed by atoms with Gasteiger partial charge >= 0.3 is 6.09 Å². The molecule has 6 rings (SSSR count). The number of H-pyrrole nitrogens is 2. The van der Waals surface area contributed by atoms with E-state index in [1.807, 2.05) is 36.5 Å². The smallest absolute Gasteiger partial charge is 0.414 e. The van der Waals surface area contributed by atoms with Crippen molar-refractivity contribution in [2.45, 2.75) is 45.1 Å². The van der Waals surface area contributed by atoms with E-state index in [0.717, 1.165) is 47.4 Å². The van der Waals surface area contributed by atoms with E-state index in [9.17, 15) is 4.79 Å². The average molecular weight is 427 g/mol. The number of aryl methyl sites for hydroxylation is 2. The second kappa shape index (κ2) is 6.99. The van der Waals surface area contributed by atoms with Gasteiger partial charge < -0.3 is 9.72 Å². The summed E-state index contributed by atoms with van der Waals surface area (Å²) in [4.78, 5) is 18.6. The van der Waals surface area contributed by atoms with Crippen molar-refractivity contribution < 1.29 is 9.53 Å². The van der Waals surface area contributed by atoms with Crippen LogP contribution in [0.3, 0.4) is 0 Å². The molecule has 6 heteroatoms. The average Bonchev–Trinajstić information content (AvgIpc) is 3.43. The number of benzene rings is 2. The monoisotopic (exact) mass is 426 g/mol. The van der Waals surface area contributed by atoms with Crippen LogP contribution in [0.5, 0.6) is 0 Å². The van der Waals surface area contributed by atoms with E-state index >= 15 is 0 Å². The van der Waals surface area contributed by atoms with Gasteiger partial charge in [-0.15, -0.1) is 0 Å². The summed E-state index contributed by atoms with van der Waals surface area (Å²) in [6.45, 7) is 5.25. The first-order valence-electron chi connectivity index (χ1n) is 11.2. The highest BCUT2D eigenvalue weighted by molar-refractivity contribution is 5.99. The Hall–Kier alpha value is -3.54. The van der Waals surface area contributed by atoms with E-state index in [0.29, 0.717) is 6.54 Å². The lowest BCUT2D eigenvalue weighted by Crippen LogP contribution is -2.34. The fraction of sp³-hybridized carbons (Fsp3) is 0.308. The first-order chi connectivity index (χ1) is 15.5. The first-order valence-corrected chi connectivity index (χ1v) is 11.2. The normalized spacial score (nSPS) is 16.4. The van der Waals surface area contributed by atoms with E-state index in [1.165, 1.54) is 22.1 Å². The van der Waals surface area contributed by atoms with Crippen molar-refractivity contribution in [3.05, 3.63) is 70.9 Å². The highest BCUT2D eigenvalue weighted by Crippen LogP contribution is 2.45. The fourth-order valence-electron chi connectivity index (χ4n) is 5.22. The second-order valence-electron chi connectivity index (χ2n) is 9.53. The largest absolute Gasteiger partial charge is 0.444 e. The molecular formula is C26H26N4O2. The molecule has 0 saturated heterocycles. The molecule has 32 heavy (non-hydrogen) atoms. The molecule has 162 valence electrons. The number of aromatic amines is 2. The summed E-state index contributed by atoms with van der Waals surface area (Å²) in [5.74, 6) is 0. The minimum Gasteiger partial charge on any atom is -0.444 e. The van der Waals surface area contributed by atoms with Crippen LogP contribution in [0.25, 0.3) is 22.3 Å². The number of amides is 1. The van der Waals surface area contributed by atoms with Gasteiger partial charge in [0.25, 0.3) is 0 Å². The van der Waals surface area contributed by atoms with Crippen LogP contribution in [0.2, 0.25) is 0 Å². The van der Waals surface area contributed by atoms with Gasteiger partial charge in [-0.05, 0) is 53.6 Å². The predicted octanol–water partition coefficient (Wildman–Crippen LogP) is 5.48. The molecule has 2 aromatic carbocycles. The number of hydrogen-bond acceptors (Lipinski definition) is 3. The Morgan fingerprint density at radius 1 is 1.16 bits per heavy atom. The number of fused-ring (bicyclic) bond motifs is 6. The zero-order chi connectivity index (χ0) is 21.9. The Kier molecular flexibility index (Phi) is 4.18. The van der Waals surface area contributed by atoms with E-state index in [1.54, 1.807) is 4.90 Å². The summed E-state index contributed by atoms with van der Waals surface area (Å²) in [6.07, 6.45) is 4.74. The van der Waals surface area contributed by atoms with Crippen LogP contribution in [0.4, 0.5) is 10.5 Å². The number of carbonyl (C=O) groups is 1. The fourth-order valence-corrected chi connectivity index (χ4v) is 5.22. The third-order valence-electron chi connectivity index (χ3n) is 6.86. The first kappa shape index (κ1) is 19.2. The summed E-state index contributed by atoms with van der Waals surface area (Å²) >= 11 is 0. The SMILES string of the molecule is CC1(C)CN(C(=O)OCc2ccccc2)c2cc3c4c([nH]c3cc21)-c1[nH]ncc1CCC4. The molecule has 6 nitrogen and oxygen atoms in total. The van der Waals surface area contributed by atoms with Crippen molar-refractivity contribution in [3.8, 4) is 11.4 Å². The second-order valence-corrected chi connectivity index (χ2v) is 9.53. The Morgan fingerprint density at radius 3 is 2.84 bits per heavy atom. The Labute approximate surface area is 186 Å². The van der Waals surface area contributed by atoms with Gasteiger partial charge in [0.15, 0.2) is 0 Å².